The summed E-state index contributed by atoms with van der Waals surface area (Å²) in [5.41, 5.74) is 0. The van der Waals surface area contributed by atoms with Crippen LogP contribution in [0.3, 0.4) is 0 Å². The van der Waals surface area contributed by atoms with Crippen LogP contribution in [0.4, 0.5) is 0 Å². The molecule has 3 saturated carbocycles. The first-order chi connectivity index (χ1) is 11.7. The standard InChI is InChI=1S/C18H30O4.CH4O/c19-17(9-3-1-4-10-17)20-14-7-8-15-16(13-14)22-18(21-15)11-5-2-6-12-18;1-2/h14-16,19H,1-13H2;2H,1H3. The SMILES string of the molecule is CO.OC1(OC2CCC3OC4(CCCCC4)OC3C2)CCCCC1. The van der Waals surface area contributed by atoms with Crippen molar-refractivity contribution in [1.82, 2.24) is 0 Å². The maximum Gasteiger partial charge on any atom is 0.169 e. The Bertz CT molecular complexity index is 387. The third-order valence-electron chi connectivity index (χ3n) is 6.05. The highest BCUT2D eigenvalue weighted by Gasteiger charge is 2.50. The molecule has 3 atom stereocenters. The molecule has 2 N–H and O–H groups in total. The summed E-state index contributed by atoms with van der Waals surface area (Å²) in [6, 6.07) is 0. The Morgan fingerprint density at radius 2 is 1.38 bits per heavy atom. The van der Waals surface area contributed by atoms with Crippen LogP contribution < -0.4 is 0 Å². The molecule has 1 saturated heterocycles. The Kier molecular flexibility index (Phi) is 6.20. The molecule has 5 nitrogen and oxygen atoms in total. The van der Waals surface area contributed by atoms with Gasteiger partial charge in [-0.15, -0.1) is 0 Å². The van der Waals surface area contributed by atoms with Gasteiger partial charge in [-0.05, 0) is 38.5 Å². The average molecular weight is 342 g/mol. The lowest BCUT2D eigenvalue weighted by Gasteiger charge is -2.38. The maximum absolute atomic E-state index is 10.6. The molecule has 140 valence electrons. The molecule has 3 aliphatic carbocycles. The molecule has 4 rings (SSSR count). The van der Waals surface area contributed by atoms with Gasteiger partial charge in [0.25, 0.3) is 0 Å². The summed E-state index contributed by atoms with van der Waals surface area (Å²) in [4.78, 5) is 0. The molecular formula is C19H34O5. The van der Waals surface area contributed by atoms with Gasteiger partial charge in [-0.2, -0.15) is 0 Å². The number of fused-ring (bicyclic) bond motifs is 1. The predicted molar refractivity (Wildman–Crippen MR) is 90.5 cm³/mol. The van der Waals surface area contributed by atoms with E-state index in [1.807, 2.05) is 0 Å². The predicted octanol–water partition coefficient (Wildman–Crippen LogP) is 3.26. The van der Waals surface area contributed by atoms with Crippen LogP contribution in [0.5, 0.6) is 0 Å². The molecule has 1 spiro atoms. The molecule has 0 aromatic heterocycles. The zero-order chi connectivity index (χ0) is 17.0. The van der Waals surface area contributed by atoms with E-state index in [2.05, 4.69) is 0 Å². The number of hydrogen-bond acceptors (Lipinski definition) is 5. The maximum atomic E-state index is 10.6. The third-order valence-corrected chi connectivity index (χ3v) is 6.05. The first-order valence-corrected chi connectivity index (χ1v) is 9.87. The first kappa shape index (κ1) is 18.6. The summed E-state index contributed by atoms with van der Waals surface area (Å²) in [6.07, 6.45) is 14.2. The minimum atomic E-state index is -0.877. The second-order valence-corrected chi connectivity index (χ2v) is 7.84. The van der Waals surface area contributed by atoms with Crippen LogP contribution in [0.15, 0.2) is 0 Å². The van der Waals surface area contributed by atoms with Crippen LogP contribution in [-0.4, -0.2) is 47.2 Å². The number of ether oxygens (including phenoxy) is 3. The Morgan fingerprint density at radius 3 is 2.04 bits per heavy atom. The van der Waals surface area contributed by atoms with Crippen molar-refractivity contribution in [3.8, 4) is 0 Å². The van der Waals surface area contributed by atoms with Gasteiger partial charge >= 0.3 is 0 Å². The Hall–Kier alpha value is -0.200. The molecule has 24 heavy (non-hydrogen) atoms. The fourth-order valence-electron chi connectivity index (χ4n) is 4.87. The Balaban J connectivity index is 0.000000815. The quantitative estimate of drug-likeness (QED) is 0.754. The lowest BCUT2D eigenvalue weighted by Crippen LogP contribution is -2.43. The number of hydrogen-bond donors (Lipinski definition) is 2. The van der Waals surface area contributed by atoms with Crippen molar-refractivity contribution in [3.05, 3.63) is 0 Å². The number of rotatable bonds is 2. The minimum Gasteiger partial charge on any atom is -0.400 e. The normalized spacial score (nSPS) is 37.4. The molecule has 4 aliphatic rings. The van der Waals surface area contributed by atoms with Gasteiger partial charge in [0.2, 0.25) is 0 Å². The summed E-state index contributed by atoms with van der Waals surface area (Å²) in [6.45, 7) is 0. The fourth-order valence-corrected chi connectivity index (χ4v) is 4.87. The van der Waals surface area contributed by atoms with Crippen LogP contribution in [0.25, 0.3) is 0 Å². The van der Waals surface area contributed by atoms with Gasteiger partial charge in [0, 0.05) is 39.2 Å². The van der Waals surface area contributed by atoms with Crippen LogP contribution in [0, 0.1) is 0 Å². The van der Waals surface area contributed by atoms with E-state index < -0.39 is 5.79 Å². The largest absolute Gasteiger partial charge is 0.400 e. The molecule has 1 aliphatic heterocycles. The molecule has 0 radical (unpaired) electrons. The second kappa shape index (κ2) is 8.00. The van der Waals surface area contributed by atoms with E-state index in [1.54, 1.807) is 0 Å². The van der Waals surface area contributed by atoms with E-state index in [0.717, 1.165) is 64.9 Å². The van der Waals surface area contributed by atoms with Gasteiger partial charge in [-0.1, -0.05) is 12.8 Å². The van der Waals surface area contributed by atoms with Gasteiger partial charge < -0.3 is 24.4 Å². The molecule has 4 fully saturated rings. The summed E-state index contributed by atoms with van der Waals surface area (Å²) in [7, 11) is 1.00. The smallest absolute Gasteiger partial charge is 0.169 e. The van der Waals surface area contributed by atoms with Crippen LogP contribution in [0.2, 0.25) is 0 Å². The minimum absolute atomic E-state index is 0.131. The van der Waals surface area contributed by atoms with Crippen LogP contribution in [0.1, 0.15) is 83.5 Å². The average Bonchev–Trinajstić information content (AvgIpc) is 2.94. The molecular weight excluding hydrogens is 308 g/mol. The summed E-state index contributed by atoms with van der Waals surface area (Å²) >= 11 is 0. The Morgan fingerprint density at radius 1 is 0.792 bits per heavy atom. The first-order valence-electron chi connectivity index (χ1n) is 9.87. The van der Waals surface area contributed by atoms with Crippen LogP contribution >= 0.6 is 0 Å². The van der Waals surface area contributed by atoms with Gasteiger partial charge in [-0.25, -0.2) is 0 Å². The third kappa shape index (κ3) is 4.13. The lowest BCUT2D eigenvalue weighted by molar-refractivity contribution is -0.254. The van der Waals surface area contributed by atoms with Gasteiger partial charge in [0.1, 0.15) is 0 Å². The zero-order valence-electron chi connectivity index (χ0n) is 15.0. The highest BCUT2D eigenvalue weighted by Crippen LogP contribution is 2.45. The van der Waals surface area contributed by atoms with E-state index >= 15 is 0 Å². The molecule has 0 aromatic rings. The molecule has 0 amide bonds. The lowest BCUT2D eigenvalue weighted by atomic mass is 9.90. The molecule has 0 aromatic carbocycles. The molecule has 1 heterocycles. The van der Waals surface area contributed by atoms with Crippen molar-refractivity contribution in [2.75, 3.05) is 7.11 Å². The van der Waals surface area contributed by atoms with Gasteiger partial charge in [-0.3, -0.25) is 0 Å². The zero-order valence-corrected chi connectivity index (χ0v) is 15.0. The monoisotopic (exact) mass is 342 g/mol. The number of aliphatic hydroxyl groups is 2. The van der Waals surface area contributed by atoms with Crippen molar-refractivity contribution in [2.24, 2.45) is 0 Å². The topological polar surface area (TPSA) is 68.2 Å². The Labute approximate surface area is 145 Å². The molecule has 0 bridgehead atoms. The van der Waals surface area contributed by atoms with Crippen molar-refractivity contribution in [2.45, 2.75) is 113 Å². The second-order valence-electron chi connectivity index (χ2n) is 7.84. The molecule has 5 heteroatoms. The van der Waals surface area contributed by atoms with Gasteiger partial charge in [0.15, 0.2) is 11.6 Å². The van der Waals surface area contributed by atoms with E-state index in [-0.39, 0.29) is 24.1 Å². The molecule has 3 unspecified atom stereocenters. The van der Waals surface area contributed by atoms with E-state index in [4.69, 9.17) is 19.3 Å². The van der Waals surface area contributed by atoms with Crippen molar-refractivity contribution in [1.29, 1.82) is 0 Å². The summed E-state index contributed by atoms with van der Waals surface area (Å²) < 4.78 is 18.8. The number of aliphatic hydroxyl groups excluding tert-OH is 1. The van der Waals surface area contributed by atoms with E-state index in [9.17, 15) is 5.11 Å². The summed E-state index contributed by atoms with van der Waals surface area (Å²) in [5, 5.41) is 17.6. The summed E-state index contributed by atoms with van der Waals surface area (Å²) in [5.74, 6) is -1.16. The van der Waals surface area contributed by atoms with Crippen molar-refractivity contribution >= 4 is 0 Å². The van der Waals surface area contributed by atoms with E-state index in [1.165, 1.54) is 25.7 Å². The highest BCUT2D eigenvalue weighted by atomic mass is 16.8. The van der Waals surface area contributed by atoms with Crippen molar-refractivity contribution in [3.63, 3.8) is 0 Å². The van der Waals surface area contributed by atoms with E-state index in [0.29, 0.717) is 0 Å². The van der Waals surface area contributed by atoms with Crippen molar-refractivity contribution < 1.29 is 24.4 Å². The fraction of sp³-hybridized carbons (Fsp3) is 1.00. The van der Waals surface area contributed by atoms with Crippen LogP contribution in [-0.2, 0) is 14.2 Å². The highest BCUT2D eigenvalue weighted by molar-refractivity contribution is 4.93. The van der Waals surface area contributed by atoms with Gasteiger partial charge in [0.05, 0.1) is 18.3 Å².